The molecule has 0 heterocycles. The van der Waals surface area contributed by atoms with Crippen LogP contribution in [0, 0.1) is 17.6 Å². The van der Waals surface area contributed by atoms with E-state index >= 15 is 0 Å². The molecule has 0 N–H and O–H groups in total. The Morgan fingerprint density at radius 3 is 2.05 bits per heavy atom. The van der Waals surface area contributed by atoms with E-state index in [1.54, 1.807) is 0 Å². The zero-order chi connectivity index (χ0) is 27.8. The molecule has 0 unspecified atom stereocenters. The highest BCUT2D eigenvalue weighted by molar-refractivity contribution is 5.92. The van der Waals surface area contributed by atoms with Crippen LogP contribution in [-0.4, -0.2) is 25.2 Å². The number of carbonyl (C=O) groups excluding carboxylic acids is 2. The van der Waals surface area contributed by atoms with Gasteiger partial charge in [-0.15, -0.1) is 0 Å². The third kappa shape index (κ3) is 11.2. The second-order valence-electron chi connectivity index (χ2n) is 9.82. The zero-order valence-electron chi connectivity index (χ0n) is 23.0. The number of rotatable bonds is 18. The largest absolute Gasteiger partial charge is 0.491 e. The van der Waals surface area contributed by atoms with Gasteiger partial charge in [-0.25, -0.2) is 18.4 Å². The highest BCUT2D eigenvalue weighted by Gasteiger charge is 2.18. The van der Waals surface area contributed by atoms with E-state index in [0.29, 0.717) is 6.61 Å². The van der Waals surface area contributed by atoms with Crippen molar-refractivity contribution >= 4 is 11.9 Å². The first-order chi connectivity index (χ1) is 18.3. The highest BCUT2D eigenvalue weighted by Crippen LogP contribution is 2.22. The molecule has 38 heavy (non-hydrogen) atoms. The van der Waals surface area contributed by atoms with Gasteiger partial charge >= 0.3 is 11.9 Å². The molecule has 1 atom stereocenters. The SMILES string of the molecule is CCCCCCCCCCCCOc1ccc(C(=O)Oc2ccc(C(=O)OC[C@@H](C)CC)c(F)c2)cc1F. The van der Waals surface area contributed by atoms with E-state index in [1.807, 2.05) is 13.8 Å². The summed E-state index contributed by atoms with van der Waals surface area (Å²) in [5.41, 5.74) is -0.283. The molecule has 0 fully saturated rings. The number of carbonyl (C=O) groups is 2. The molecule has 0 saturated carbocycles. The van der Waals surface area contributed by atoms with Crippen LogP contribution in [-0.2, 0) is 4.74 Å². The molecule has 0 radical (unpaired) electrons. The molecule has 0 amide bonds. The third-order valence-corrected chi connectivity index (χ3v) is 6.49. The van der Waals surface area contributed by atoms with Crippen molar-refractivity contribution in [3.63, 3.8) is 0 Å². The summed E-state index contributed by atoms with van der Waals surface area (Å²) >= 11 is 0. The number of esters is 2. The Bertz CT molecular complexity index is 1010. The number of hydrogen-bond donors (Lipinski definition) is 0. The Morgan fingerprint density at radius 1 is 0.789 bits per heavy atom. The zero-order valence-corrected chi connectivity index (χ0v) is 23.0. The lowest BCUT2D eigenvalue weighted by molar-refractivity contribution is 0.0441. The molecule has 0 aromatic heterocycles. The van der Waals surface area contributed by atoms with Gasteiger partial charge < -0.3 is 14.2 Å². The molecule has 7 heteroatoms. The van der Waals surface area contributed by atoms with Crippen molar-refractivity contribution in [1.82, 2.24) is 0 Å². The van der Waals surface area contributed by atoms with Crippen LogP contribution in [0.4, 0.5) is 8.78 Å². The monoisotopic (exact) mass is 532 g/mol. The smallest absolute Gasteiger partial charge is 0.343 e. The number of hydrogen-bond acceptors (Lipinski definition) is 5. The minimum Gasteiger partial charge on any atom is -0.491 e. The van der Waals surface area contributed by atoms with Gasteiger partial charge in [0.05, 0.1) is 24.3 Å². The molecule has 210 valence electrons. The summed E-state index contributed by atoms with van der Waals surface area (Å²) in [6.45, 7) is 6.71. The fourth-order valence-electron chi connectivity index (χ4n) is 3.82. The van der Waals surface area contributed by atoms with Crippen molar-refractivity contribution in [1.29, 1.82) is 0 Å². The first-order valence-electron chi connectivity index (χ1n) is 14.0. The van der Waals surface area contributed by atoms with Crippen LogP contribution < -0.4 is 9.47 Å². The predicted molar refractivity (Wildman–Crippen MR) is 145 cm³/mol. The first-order valence-corrected chi connectivity index (χ1v) is 14.0. The van der Waals surface area contributed by atoms with Crippen molar-refractivity contribution in [2.75, 3.05) is 13.2 Å². The van der Waals surface area contributed by atoms with Crippen molar-refractivity contribution in [2.45, 2.75) is 91.4 Å². The molecule has 0 spiro atoms. The average Bonchev–Trinajstić information content (AvgIpc) is 2.90. The van der Waals surface area contributed by atoms with E-state index in [1.165, 1.54) is 69.2 Å². The van der Waals surface area contributed by atoms with Crippen LogP contribution in [0.3, 0.4) is 0 Å². The lowest BCUT2D eigenvalue weighted by Gasteiger charge is -2.11. The van der Waals surface area contributed by atoms with E-state index in [0.717, 1.165) is 37.8 Å². The van der Waals surface area contributed by atoms with Gasteiger partial charge in [0.25, 0.3) is 0 Å². The Labute approximate surface area is 225 Å². The molecule has 2 aromatic rings. The Kier molecular flexibility index (Phi) is 14.4. The Morgan fingerprint density at radius 2 is 1.45 bits per heavy atom. The predicted octanol–water partition coefficient (Wildman–Crippen LogP) is 8.69. The van der Waals surface area contributed by atoms with Crippen molar-refractivity contribution < 1.29 is 32.6 Å². The van der Waals surface area contributed by atoms with Gasteiger partial charge in [0.15, 0.2) is 11.6 Å². The molecule has 0 bridgehead atoms. The van der Waals surface area contributed by atoms with Crippen molar-refractivity contribution in [2.24, 2.45) is 5.92 Å². The summed E-state index contributed by atoms with van der Waals surface area (Å²) < 4.78 is 44.7. The average molecular weight is 533 g/mol. The second kappa shape index (κ2) is 17.5. The van der Waals surface area contributed by atoms with Crippen LogP contribution in [0.2, 0.25) is 0 Å². The van der Waals surface area contributed by atoms with E-state index in [2.05, 4.69) is 6.92 Å². The molecule has 5 nitrogen and oxygen atoms in total. The standard InChI is InChI=1S/C31H42F2O5/c1-4-6-7-8-9-10-11-12-13-14-19-36-29-18-15-24(20-28(29)33)30(34)38-25-16-17-26(27(32)21-25)31(35)37-22-23(3)5-2/h15-18,20-21,23H,4-14,19,22H2,1-3H3/t23-/m0/s1. The summed E-state index contributed by atoms with van der Waals surface area (Å²) in [7, 11) is 0. The molecule has 0 saturated heterocycles. The molecular formula is C31H42F2O5. The minimum atomic E-state index is -0.869. The molecule has 0 aliphatic carbocycles. The second-order valence-corrected chi connectivity index (χ2v) is 9.82. The number of unbranched alkanes of at least 4 members (excludes halogenated alkanes) is 9. The normalized spacial score (nSPS) is 11.7. The summed E-state index contributed by atoms with van der Waals surface area (Å²) in [6, 6.07) is 7.24. The summed E-state index contributed by atoms with van der Waals surface area (Å²) in [5.74, 6) is -3.04. The van der Waals surface area contributed by atoms with Gasteiger partial charge in [-0.2, -0.15) is 0 Å². The van der Waals surface area contributed by atoms with Gasteiger partial charge in [0.2, 0.25) is 0 Å². The molecule has 2 aromatic carbocycles. The van der Waals surface area contributed by atoms with Crippen LogP contribution in [0.25, 0.3) is 0 Å². The van der Waals surface area contributed by atoms with Crippen LogP contribution in [0.5, 0.6) is 11.5 Å². The van der Waals surface area contributed by atoms with Crippen molar-refractivity contribution in [3.8, 4) is 11.5 Å². The fourth-order valence-corrected chi connectivity index (χ4v) is 3.82. The van der Waals surface area contributed by atoms with E-state index in [-0.39, 0.29) is 35.2 Å². The summed E-state index contributed by atoms with van der Waals surface area (Å²) in [6.07, 6.45) is 12.9. The highest BCUT2D eigenvalue weighted by atomic mass is 19.1. The third-order valence-electron chi connectivity index (χ3n) is 6.49. The Balaban J connectivity index is 1.76. The fraction of sp³-hybridized carbons (Fsp3) is 0.548. The maximum atomic E-state index is 14.5. The molecule has 2 rings (SSSR count). The van der Waals surface area contributed by atoms with E-state index < -0.39 is 23.6 Å². The van der Waals surface area contributed by atoms with Crippen LogP contribution >= 0.6 is 0 Å². The lowest BCUT2D eigenvalue weighted by Crippen LogP contribution is -2.13. The van der Waals surface area contributed by atoms with E-state index in [4.69, 9.17) is 14.2 Å². The number of ether oxygens (including phenoxy) is 3. The maximum absolute atomic E-state index is 14.5. The number of halogens is 2. The van der Waals surface area contributed by atoms with Gasteiger partial charge in [-0.05, 0) is 42.7 Å². The van der Waals surface area contributed by atoms with E-state index in [9.17, 15) is 18.4 Å². The van der Waals surface area contributed by atoms with Gasteiger partial charge in [0, 0.05) is 6.07 Å². The Hall–Kier alpha value is -2.96. The van der Waals surface area contributed by atoms with Gasteiger partial charge in [-0.1, -0.05) is 85.0 Å². The lowest BCUT2D eigenvalue weighted by atomic mass is 10.1. The molecule has 0 aliphatic heterocycles. The van der Waals surface area contributed by atoms with Crippen molar-refractivity contribution in [3.05, 3.63) is 59.2 Å². The van der Waals surface area contributed by atoms with Crippen LogP contribution in [0.1, 0.15) is 112 Å². The first kappa shape index (κ1) is 31.3. The number of benzene rings is 2. The quantitative estimate of drug-likeness (QED) is 0.109. The molecular weight excluding hydrogens is 490 g/mol. The topological polar surface area (TPSA) is 61.8 Å². The molecule has 0 aliphatic rings. The minimum absolute atomic E-state index is 0.0359. The van der Waals surface area contributed by atoms with Gasteiger partial charge in [-0.3, -0.25) is 0 Å². The van der Waals surface area contributed by atoms with Gasteiger partial charge in [0.1, 0.15) is 11.6 Å². The summed E-state index contributed by atoms with van der Waals surface area (Å²) in [4.78, 5) is 24.5. The maximum Gasteiger partial charge on any atom is 0.343 e. The van der Waals surface area contributed by atoms with Crippen LogP contribution in [0.15, 0.2) is 36.4 Å². The summed E-state index contributed by atoms with van der Waals surface area (Å²) in [5, 5.41) is 0.